The summed E-state index contributed by atoms with van der Waals surface area (Å²) >= 11 is 0. The van der Waals surface area contributed by atoms with Gasteiger partial charge in [0.15, 0.2) is 9.84 Å². The zero-order chi connectivity index (χ0) is 21.1. The minimum absolute atomic E-state index is 0.0620. The van der Waals surface area contributed by atoms with E-state index in [1.165, 1.54) is 6.07 Å². The molecule has 0 bridgehead atoms. The fraction of sp³-hybridized carbons (Fsp3) is 0.391. The van der Waals surface area contributed by atoms with E-state index in [2.05, 4.69) is 13.5 Å². The molecule has 0 heterocycles. The van der Waals surface area contributed by atoms with Crippen molar-refractivity contribution >= 4 is 15.4 Å². The van der Waals surface area contributed by atoms with Crippen LogP contribution in [0.5, 0.6) is 11.5 Å². The van der Waals surface area contributed by atoms with Crippen molar-refractivity contribution in [2.45, 2.75) is 58.3 Å². The minimum Gasteiger partial charge on any atom is -0.507 e. The average molecular weight is 403 g/mol. The Kier molecular flexibility index (Phi) is 6.94. The molecule has 0 atom stereocenters. The molecule has 2 rings (SSSR count). The number of aryl methyl sites for hydroxylation is 2. The van der Waals surface area contributed by atoms with Crippen LogP contribution in [0.4, 0.5) is 0 Å². The molecule has 0 aromatic heterocycles. The number of sulfone groups is 1. The quantitative estimate of drug-likeness (QED) is 0.561. The maximum Gasteiger partial charge on any atom is 0.182 e. The Balaban J connectivity index is 2.84. The summed E-state index contributed by atoms with van der Waals surface area (Å²) in [6.45, 7) is 11.3. The van der Waals surface area contributed by atoms with Crippen LogP contribution < -0.4 is 0 Å². The van der Waals surface area contributed by atoms with E-state index in [0.717, 1.165) is 36.0 Å². The van der Waals surface area contributed by atoms with Crippen LogP contribution in [0, 0.1) is 6.92 Å². The molecule has 0 aliphatic carbocycles. The standard InChI is InChI=1S/C23H30O4S/c1-6-8-9-10-17-14-20(24)21(22(25)23(17)28(26,27)7-2)19-13-16(5)11-12-18(19)15(3)4/h11-14,24-25H,3,6-10H2,1-2,4-5H3. The van der Waals surface area contributed by atoms with Gasteiger partial charge in [-0.2, -0.15) is 0 Å². The van der Waals surface area contributed by atoms with Crippen LogP contribution in [-0.4, -0.2) is 24.4 Å². The maximum absolute atomic E-state index is 12.8. The van der Waals surface area contributed by atoms with Crippen molar-refractivity contribution in [3.8, 4) is 22.6 Å². The lowest BCUT2D eigenvalue weighted by molar-refractivity contribution is 0.440. The number of aromatic hydroxyl groups is 2. The van der Waals surface area contributed by atoms with Crippen LogP contribution in [0.3, 0.4) is 0 Å². The van der Waals surface area contributed by atoms with Gasteiger partial charge >= 0.3 is 0 Å². The second-order valence-corrected chi connectivity index (χ2v) is 9.51. The SMILES string of the molecule is C=C(C)c1ccc(C)cc1-c1c(O)cc(CCCCC)c(S(=O)(=O)CC)c1O. The first-order valence-electron chi connectivity index (χ1n) is 9.71. The van der Waals surface area contributed by atoms with Gasteiger partial charge in [0.05, 0.1) is 11.3 Å². The lowest BCUT2D eigenvalue weighted by atomic mass is 9.91. The first-order valence-corrected chi connectivity index (χ1v) is 11.4. The van der Waals surface area contributed by atoms with Gasteiger partial charge in [0.1, 0.15) is 16.4 Å². The third-order valence-corrected chi connectivity index (χ3v) is 6.79. The lowest BCUT2D eigenvalue weighted by Gasteiger charge is -2.19. The largest absolute Gasteiger partial charge is 0.507 e. The predicted molar refractivity (Wildman–Crippen MR) is 116 cm³/mol. The number of hydrogen-bond acceptors (Lipinski definition) is 4. The van der Waals surface area contributed by atoms with Gasteiger partial charge in [-0.05, 0) is 49.4 Å². The average Bonchev–Trinajstić information content (AvgIpc) is 2.61. The highest BCUT2D eigenvalue weighted by atomic mass is 32.2. The van der Waals surface area contributed by atoms with Crippen LogP contribution in [-0.2, 0) is 16.3 Å². The van der Waals surface area contributed by atoms with Crippen molar-refractivity contribution in [2.24, 2.45) is 0 Å². The van der Waals surface area contributed by atoms with Crippen LogP contribution >= 0.6 is 0 Å². The molecule has 0 unspecified atom stereocenters. The maximum atomic E-state index is 12.8. The van der Waals surface area contributed by atoms with E-state index in [0.29, 0.717) is 17.5 Å². The van der Waals surface area contributed by atoms with Crippen LogP contribution in [0.1, 0.15) is 56.7 Å². The summed E-state index contributed by atoms with van der Waals surface area (Å²) in [5.41, 5.74) is 3.66. The van der Waals surface area contributed by atoms with Gasteiger partial charge in [0, 0.05) is 0 Å². The zero-order valence-corrected chi connectivity index (χ0v) is 18.0. The Labute approximate surface area is 168 Å². The molecule has 5 heteroatoms. The molecule has 0 aliphatic rings. The lowest BCUT2D eigenvalue weighted by Crippen LogP contribution is -2.09. The molecule has 2 aromatic rings. The second-order valence-electron chi connectivity index (χ2n) is 7.30. The smallest absolute Gasteiger partial charge is 0.182 e. The van der Waals surface area contributed by atoms with E-state index in [9.17, 15) is 18.6 Å². The summed E-state index contributed by atoms with van der Waals surface area (Å²) in [4.78, 5) is -0.0620. The molecular formula is C23H30O4S. The van der Waals surface area contributed by atoms with Crippen molar-refractivity contribution in [3.05, 3.63) is 47.5 Å². The van der Waals surface area contributed by atoms with E-state index >= 15 is 0 Å². The van der Waals surface area contributed by atoms with Gasteiger partial charge in [-0.15, -0.1) is 0 Å². The van der Waals surface area contributed by atoms with Crippen molar-refractivity contribution < 1.29 is 18.6 Å². The Morgan fingerprint density at radius 1 is 1.11 bits per heavy atom. The summed E-state index contributed by atoms with van der Waals surface area (Å²) < 4.78 is 25.6. The molecule has 2 N–H and O–H groups in total. The molecular weight excluding hydrogens is 372 g/mol. The highest BCUT2D eigenvalue weighted by Crippen LogP contribution is 2.46. The fourth-order valence-electron chi connectivity index (χ4n) is 3.43. The second kappa shape index (κ2) is 8.82. The van der Waals surface area contributed by atoms with Gasteiger partial charge in [-0.1, -0.05) is 62.6 Å². The minimum atomic E-state index is -3.67. The summed E-state index contributed by atoms with van der Waals surface area (Å²) in [6.07, 6.45) is 3.23. The molecule has 0 radical (unpaired) electrons. The number of rotatable bonds is 8. The summed E-state index contributed by atoms with van der Waals surface area (Å²) in [5, 5.41) is 21.8. The predicted octanol–water partition coefficient (Wildman–Crippen LogP) is 5.63. The number of hydrogen-bond donors (Lipinski definition) is 2. The molecule has 0 saturated carbocycles. The Bertz CT molecular complexity index is 988. The third-order valence-electron chi connectivity index (χ3n) is 4.96. The van der Waals surface area contributed by atoms with Gasteiger partial charge in [0.2, 0.25) is 0 Å². The molecule has 28 heavy (non-hydrogen) atoms. The highest BCUT2D eigenvalue weighted by Gasteiger charge is 2.27. The van der Waals surface area contributed by atoms with E-state index in [1.807, 2.05) is 32.0 Å². The Morgan fingerprint density at radius 2 is 1.79 bits per heavy atom. The Morgan fingerprint density at radius 3 is 2.36 bits per heavy atom. The third kappa shape index (κ3) is 4.41. The van der Waals surface area contributed by atoms with Gasteiger partial charge in [-0.25, -0.2) is 8.42 Å². The van der Waals surface area contributed by atoms with Crippen LogP contribution in [0.2, 0.25) is 0 Å². The molecule has 0 spiro atoms. The van der Waals surface area contributed by atoms with Crippen molar-refractivity contribution in [1.82, 2.24) is 0 Å². The topological polar surface area (TPSA) is 74.6 Å². The molecule has 4 nitrogen and oxygen atoms in total. The highest BCUT2D eigenvalue weighted by molar-refractivity contribution is 7.91. The first kappa shape index (κ1) is 22.0. The number of benzene rings is 2. The Hall–Kier alpha value is -2.27. The summed E-state index contributed by atoms with van der Waals surface area (Å²) in [6, 6.07) is 7.12. The number of phenolic OH excluding ortho intramolecular Hbond substituents is 2. The van der Waals surface area contributed by atoms with Crippen molar-refractivity contribution in [1.29, 1.82) is 0 Å². The fourth-order valence-corrected chi connectivity index (χ4v) is 4.68. The van der Waals surface area contributed by atoms with E-state index in [-0.39, 0.29) is 27.7 Å². The molecule has 2 aromatic carbocycles. The van der Waals surface area contributed by atoms with Gasteiger partial charge in [0.25, 0.3) is 0 Å². The van der Waals surface area contributed by atoms with Crippen molar-refractivity contribution in [3.63, 3.8) is 0 Å². The van der Waals surface area contributed by atoms with E-state index in [4.69, 9.17) is 0 Å². The molecule has 0 amide bonds. The van der Waals surface area contributed by atoms with Gasteiger partial charge < -0.3 is 10.2 Å². The summed E-state index contributed by atoms with van der Waals surface area (Å²) in [7, 11) is -3.67. The normalized spacial score (nSPS) is 11.6. The number of allylic oxidation sites excluding steroid dienone is 1. The summed E-state index contributed by atoms with van der Waals surface area (Å²) in [5.74, 6) is -0.610. The van der Waals surface area contributed by atoms with Crippen LogP contribution in [0.25, 0.3) is 16.7 Å². The molecule has 0 fully saturated rings. The van der Waals surface area contributed by atoms with Gasteiger partial charge in [-0.3, -0.25) is 0 Å². The number of unbranched alkanes of at least 4 members (excludes halogenated alkanes) is 2. The van der Waals surface area contributed by atoms with E-state index in [1.54, 1.807) is 6.92 Å². The molecule has 152 valence electrons. The van der Waals surface area contributed by atoms with Crippen molar-refractivity contribution in [2.75, 3.05) is 5.75 Å². The molecule has 0 aliphatic heterocycles. The number of phenols is 2. The zero-order valence-electron chi connectivity index (χ0n) is 17.2. The first-order chi connectivity index (χ1) is 13.1. The monoisotopic (exact) mass is 402 g/mol. The molecule has 0 saturated heterocycles. The van der Waals surface area contributed by atoms with E-state index < -0.39 is 9.84 Å². The van der Waals surface area contributed by atoms with Crippen LogP contribution in [0.15, 0.2) is 35.7 Å².